The summed E-state index contributed by atoms with van der Waals surface area (Å²) in [4.78, 5) is 11.8. The molecule has 5 aliphatic rings. The van der Waals surface area contributed by atoms with Gasteiger partial charge in [-0.2, -0.15) is 0 Å². The van der Waals surface area contributed by atoms with Crippen LogP contribution in [0.25, 0.3) is 0 Å². The van der Waals surface area contributed by atoms with E-state index in [1.807, 2.05) is 0 Å². The van der Waals surface area contributed by atoms with Gasteiger partial charge in [-0.3, -0.25) is 0 Å². The molecule has 0 amide bonds. The van der Waals surface area contributed by atoms with Crippen molar-refractivity contribution >= 4 is 5.97 Å². The number of aliphatic carboxylic acids is 1. The molecule has 5 aliphatic carbocycles. The maximum Gasteiger partial charge on any atom is 0.332 e. The van der Waals surface area contributed by atoms with Gasteiger partial charge in [0.25, 0.3) is 0 Å². The molecule has 0 radical (unpaired) electrons. The zero-order chi connectivity index (χ0) is 13.0. The van der Waals surface area contributed by atoms with E-state index in [4.69, 9.17) is 0 Å². The summed E-state index contributed by atoms with van der Waals surface area (Å²) in [7, 11) is 0. The van der Waals surface area contributed by atoms with E-state index in [1.54, 1.807) is 0 Å². The van der Waals surface area contributed by atoms with E-state index < -0.39 is 5.97 Å². The summed E-state index contributed by atoms with van der Waals surface area (Å²) in [5, 5.41) is 9.73. The third-order valence-corrected chi connectivity index (χ3v) is 6.04. The highest BCUT2D eigenvalue weighted by Crippen LogP contribution is 2.58. The zero-order valence-electron chi connectivity index (χ0n) is 11.3. The van der Waals surface area contributed by atoms with Crippen molar-refractivity contribution in [1.29, 1.82) is 0 Å². The molecule has 4 fully saturated rings. The molecule has 2 heteroatoms. The summed E-state index contributed by atoms with van der Waals surface area (Å²) in [6.45, 7) is 0. The number of rotatable bonds is 2. The van der Waals surface area contributed by atoms with Gasteiger partial charge in [0.2, 0.25) is 0 Å². The smallest absolute Gasteiger partial charge is 0.332 e. The molecule has 19 heavy (non-hydrogen) atoms. The zero-order valence-corrected chi connectivity index (χ0v) is 11.3. The molecule has 0 aromatic rings. The van der Waals surface area contributed by atoms with Crippen molar-refractivity contribution in [2.24, 2.45) is 29.6 Å². The lowest BCUT2D eigenvalue weighted by molar-refractivity contribution is -0.135. The standard InChI is InChI=1S/C17H22O2/c18-17(19)16(12-3-1-2-4-12)15-13-6-10-5-11(8-13)9-14(15)7-10/h1,3,10-11,13-15H,2,4-9H2,(H,18,19)/b16-12-. The van der Waals surface area contributed by atoms with Gasteiger partial charge in [0.1, 0.15) is 0 Å². The number of carbonyl (C=O) groups is 1. The highest BCUT2D eigenvalue weighted by atomic mass is 16.4. The first-order chi connectivity index (χ1) is 9.22. The van der Waals surface area contributed by atoms with Gasteiger partial charge in [0.05, 0.1) is 0 Å². The second kappa shape index (κ2) is 4.22. The van der Waals surface area contributed by atoms with E-state index in [9.17, 15) is 9.90 Å². The minimum Gasteiger partial charge on any atom is -0.478 e. The molecule has 0 saturated heterocycles. The molecular formula is C17H22O2. The average molecular weight is 258 g/mol. The van der Waals surface area contributed by atoms with Gasteiger partial charge >= 0.3 is 5.97 Å². The van der Waals surface area contributed by atoms with Crippen LogP contribution in [-0.4, -0.2) is 11.1 Å². The second-order valence-electron chi connectivity index (χ2n) is 7.14. The number of allylic oxidation sites excluding steroid dienone is 3. The van der Waals surface area contributed by atoms with Crippen LogP contribution in [0.1, 0.15) is 44.9 Å². The maximum absolute atomic E-state index is 11.8. The van der Waals surface area contributed by atoms with E-state index in [0.717, 1.165) is 35.8 Å². The Bertz CT molecular complexity index is 444. The Hall–Kier alpha value is -1.05. The van der Waals surface area contributed by atoms with Crippen LogP contribution in [0.3, 0.4) is 0 Å². The molecule has 4 saturated carbocycles. The fourth-order valence-electron chi connectivity index (χ4n) is 5.66. The van der Waals surface area contributed by atoms with Gasteiger partial charge in [-0.05, 0) is 80.1 Å². The summed E-state index contributed by atoms with van der Waals surface area (Å²) in [6.07, 6.45) is 12.8. The highest BCUT2D eigenvalue weighted by molar-refractivity contribution is 5.89. The number of hydrogen-bond acceptors (Lipinski definition) is 1. The van der Waals surface area contributed by atoms with Crippen molar-refractivity contribution < 1.29 is 9.90 Å². The molecule has 0 aliphatic heterocycles. The SMILES string of the molecule is O=C(O)/C(=C1/C=CCC1)C1C2CC3CC(C2)CC1C3. The predicted molar refractivity (Wildman–Crippen MR) is 73.6 cm³/mol. The molecule has 0 heterocycles. The van der Waals surface area contributed by atoms with Gasteiger partial charge in [-0.25, -0.2) is 4.79 Å². The van der Waals surface area contributed by atoms with Crippen LogP contribution in [0.2, 0.25) is 0 Å². The van der Waals surface area contributed by atoms with Crippen molar-refractivity contribution in [3.05, 3.63) is 23.3 Å². The normalized spacial score (nSPS) is 45.8. The lowest BCUT2D eigenvalue weighted by Gasteiger charge is -2.54. The Morgan fingerprint density at radius 1 is 1.05 bits per heavy atom. The van der Waals surface area contributed by atoms with Crippen LogP contribution < -0.4 is 0 Å². The van der Waals surface area contributed by atoms with Gasteiger partial charge in [0, 0.05) is 5.57 Å². The lowest BCUT2D eigenvalue weighted by Crippen LogP contribution is -2.46. The summed E-state index contributed by atoms with van der Waals surface area (Å²) < 4.78 is 0. The van der Waals surface area contributed by atoms with E-state index in [-0.39, 0.29) is 0 Å². The summed E-state index contributed by atoms with van der Waals surface area (Å²) in [5.41, 5.74) is 1.92. The molecule has 0 spiro atoms. The van der Waals surface area contributed by atoms with E-state index >= 15 is 0 Å². The number of carboxylic acid groups (broad SMARTS) is 1. The van der Waals surface area contributed by atoms with Crippen molar-refractivity contribution in [2.45, 2.75) is 44.9 Å². The van der Waals surface area contributed by atoms with Gasteiger partial charge in [-0.15, -0.1) is 0 Å². The van der Waals surface area contributed by atoms with Crippen LogP contribution in [0.5, 0.6) is 0 Å². The largest absolute Gasteiger partial charge is 0.478 e. The fourth-order valence-corrected chi connectivity index (χ4v) is 5.66. The molecule has 0 aromatic carbocycles. The molecule has 4 bridgehead atoms. The van der Waals surface area contributed by atoms with Crippen molar-refractivity contribution in [3.63, 3.8) is 0 Å². The Morgan fingerprint density at radius 2 is 1.68 bits per heavy atom. The van der Waals surface area contributed by atoms with Crippen LogP contribution in [0, 0.1) is 29.6 Å². The third-order valence-electron chi connectivity index (χ3n) is 6.04. The molecule has 0 atom stereocenters. The lowest BCUT2D eigenvalue weighted by atomic mass is 9.50. The summed E-state index contributed by atoms with van der Waals surface area (Å²) in [5.74, 6) is 2.89. The first kappa shape index (κ1) is 11.7. The Labute approximate surface area is 114 Å². The van der Waals surface area contributed by atoms with Crippen LogP contribution in [-0.2, 0) is 4.79 Å². The molecular weight excluding hydrogens is 236 g/mol. The summed E-state index contributed by atoms with van der Waals surface area (Å²) in [6, 6.07) is 0. The van der Waals surface area contributed by atoms with Gasteiger partial charge in [0.15, 0.2) is 0 Å². The first-order valence-corrected chi connectivity index (χ1v) is 7.85. The van der Waals surface area contributed by atoms with Gasteiger partial charge in [-0.1, -0.05) is 12.2 Å². The number of hydrogen-bond donors (Lipinski definition) is 1. The van der Waals surface area contributed by atoms with E-state index in [0.29, 0.717) is 17.8 Å². The van der Waals surface area contributed by atoms with Gasteiger partial charge < -0.3 is 5.11 Å². The number of carboxylic acids is 1. The van der Waals surface area contributed by atoms with Crippen molar-refractivity contribution in [2.75, 3.05) is 0 Å². The average Bonchev–Trinajstić information content (AvgIpc) is 2.85. The van der Waals surface area contributed by atoms with Crippen LogP contribution in [0.4, 0.5) is 0 Å². The Balaban J connectivity index is 1.72. The molecule has 0 unspecified atom stereocenters. The van der Waals surface area contributed by atoms with Crippen LogP contribution >= 0.6 is 0 Å². The molecule has 0 aromatic heterocycles. The van der Waals surface area contributed by atoms with E-state index in [1.165, 1.54) is 32.1 Å². The third kappa shape index (κ3) is 1.79. The predicted octanol–water partition coefficient (Wildman–Crippen LogP) is 3.79. The topological polar surface area (TPSA) is 37.3 Å². The minimum atomic E-state index is -0.640. The molecule has 102 valence electrons. The van der Waals surface area contributed by atoms with E-state index in [2.05, 4.69) is 12.2 Å². The van der Waals surface area contributed by atoms with Crippen molar-refractivity contribution in [1.82, 2.24) is 0 Å². The Kier molecular flexibility index (Phi) is 2.61. The maximum atomic E-state index is 11.8. The second-order valence-corrected chi connectivity index (χ2v) is 7.14. The minimum absolute atomic E-state index is 0.364. The highest BCUT2D eigenvalue weighted by Gasteiger charge is 2.50. The molecule has 5 rings (SSSR count). The monoisotopic (exact) mass is 258 g/mol. The Morgan fingerprint density at radius 3 is 2.16 bits per heavy atom. The van der Waals surface area contributed by atoms with Crippen LogP contribution in [0.15, 0.2) is 23.3 Å². The van der Waals surface area contributed by atoms with Crippen molar-refractivity contribution in [3.8, 4) is 0 Å². The molecule has 1 N–H and O–H groups in total. The quantitative estimate of drug-likeness (QED) is 0.765. The first-order valence-electron chi connectivity index (χ1n) is 7.85. The fraction of sp³-hybridized carbons (Fsp3) is 0.706. The molecule has 2 nitrogen and oxygen atoms in total. The summed E-state index contributed by atoms with van der Waals surface area (Å²) >= 11 is 0.